The van der Waals surface area contributed by atoms with Crippen LogP contribution in [0.1, 0.15) is 28.7 Å². The average molecular weight is 420 g/mol. The number of aromatic nitrogens is 1. The third kappa shape index (κ3) is 3.09. The van der Waals surface area contributed by atoms with Crippen molar-refractivity contribution in [3.8, 4) is 0 Å². The molecule has 2 aromatic carbocycles. The molecule has 0 unspecified atom stereocenters. The molecule has 1 aliphatic heterocycles. The van der Waals surface area contributed by atoms with E-state index in [1.165, 1.54) is 6.07 Å². The lowest BCUT2D eigenvalue weighted by molar-refractivity contribution is -0.130. The van der Waals surface area contributed by atoms with Gasteiger partial charge in [-0.3, -0.25) is 9.59 Å². The Morgan fingerprint density at radius 1 is 1.16 bits per heavy atom. The summed E-state index contributed by atoms with van der Waals surface area (Å²) < 4.78 is 28.2. The Morgan fingerprint density at radius 2 is 1.94 bits per heavy atom. The second kappa shape index (κ2) is 7.15. The standard InChI is InChI=1S/C25H22F2N2O2/c1-13-5-3-4-6-16(13)18-9-15-10-21(18)29(12-15)22(30)11-17-14(2)23-20(28-25(17)31)8-7-19(26)24(23)27/h3-9,15,21H,10-12H2,1-2H3,(H,28,31)/t15-,21-/m1/s1. The zero-order valence-electron chi connectivity index (χ0n) is 17.3. The summed E-state index contributed by atoms with van der Waals surface area (Å²) in [6.07, 6.45) is 2.99. The molecule has 0 radical (unpaired) electrons. The van der Waals surface area contributed by atoms with Crippen LogP contribution >= 0.6 is 0 Å². The van der Waals surface area contributed by atoms with Gasteiger partial charge in [0.25, 0.3) is 5.56 Å². The number of pyridine rings is 1. The van der Waals surface area contributed by atoms with Gasteiger partial charge in [-0.1, -0.05) is 30.3 Å². The molecule has 1 fully saturated rings. The molecule has 31 heavy (non-hydrogen) atoms. The molecule has 1 aliphatic carbocycles. The highest BCUT2D eigenvalue weighted by Crippen LogP contribution is 2.42. The third-order valence-electron chi connectivity index (χ3n) is 6.66. The summed E-state index contributed by atoms with van der Waals surface area (Å²) in [5.74, 6) is -1.86. The maximum atomic E-state index is 14.4. The molecular formula is C25H22F2N2O2. The molecule has 2 atom stereocenters. The van der Waals surface area contributed by atoms with Gasteiger partial charge >= 0.3 is 0 Å². The minimum absolute atomic E-state index is 0.0193. The molecule has 1 aromatic heterocycles. The van der Waals surface area contributed by atoms with Crippen LogP contribution in [-0.2, 0) is 11.2 Å². The molecule has 6 heteroatoms. The number of nitrogens with one attached hydrogen (secondary N) is 1. The number of rotatable bonds is 3. The maximum absolute atomic E-state index is 14.4. The van der Waals surface area contributed by atoms with Crippen LogP contribution in [-0.4, -0.2) is 28.4 Å². The molecule has 3 aromatic rings. The van der Waals surface area contributed by atoms with Gasteiger partial charge in [0.1, 0.15) is 0 Å². The number of likely N-dealkylation sites (tertiary alicyclic amines) is 1. The van der Waals surface area contributed by atoms with Crippen molar-refractivity contribution >= 4 is 22.4 Å². The molecule has 2 heterocycles. The smallest absolute Gasteiger partial charge is 0.252 e. The fourth-order valence-electron chi connectivity index (χ4n) is 5.10. The quantitative estimate of drug-likeness (QED) is 0.688. The molecular weight excluding hydrogens is 398 g/mol. The van der Waals surface area contributed by atoms with Crippen LogP contribution in [0.15, 0.2) is 47.3 Å². The summed E-state index contributed by atoms with van der Waals surface area (Å²) in [4.78, 5) is 30.3. The summed E-state index contributed by atoms with van der Waals surface area (Å²) in [7, 11) is 0. The van der Waals surface area contributed by atoms with Crippen LogP contribution < -0.4 is 5.56 Å². The highest BCUT2D eigenvalue weighted by Gasteiger charge is 2.42. The lowest BCUT2D eigenvalue weighted by Gasteiger charge is -2.29. The molecule has 5 rings (SSSR count). The second-order valence-corrected chi connectivity index (χ2v) is 8.51. The SMILES string of the molecule is Cc1ccccc1C1=C[C@@H]2C[C@H]1N(C(=O)Cc1c(C)c3c(F)c(F)ccc3[nH]c1=O)C2. The summed E-state index contributed by atoms with van der Waals surface area (Å²) in [5, 5.41) is 0.0193. The van der Waals surface area contributed by atoms with E-state index in [0.29, 0.717) is 18.0 Å². The number of carbonyl (C=O) groups is 1. The van der Waals surface area contributed by atoms with Gasteiger partial charge in [-0.15, -0.1) is 0 Å². The summed E-state index contributed by atoms with van der Waals surface area (Å²) in [6.45, 7) is 4.24. The van der Waals surface area contributed by atoms with E-state index in [9.17, 15) is 18.4 Å². The second-order valence-electron chi connectivity index (χ2n) is 8.51. The number of carbonyl (C=O) groups excluding carboxylic acids is 1. The Kier molecular flexibility index (Phi) is 4.54. The molecule has 2 aliphatic rings. The summed E-state index contributed by atoms with van der Waals surface area (Å²) in [6, 6.07) is 10.4. The van der Waals surface area contributed by atoms with Crippen molar-refractivity contribution in [2.45, 2.75) is 32.7 Å². The predicted octanol–water partition coefficient (Wildman–Crippen LogP) is 4.28. The number of H-pyrrole nitrogens is 1. The van der Waals surface area contributed by atoms with Crippen LogP contribution in [0.25, 0.3) is 16.5 Å². The van der Waals surface area contributed by atoms with Crippen LogP contribution in [0.2, 0.25) is 0 Å². The van der Waals surface area contributed by atoms with Gasteiger partial charge in [0, 0.05) is 17.5 Å². The Hall–Kier alpha value is -3.28. The van der Waals surface area contributed by atoms with Gasteiger partial charge in [0.15, 0.2) is 11.6 Å². The largest absolute Gasteiger partial charge is 0.335 e. The highest BCUT2D eigenvalue weighted by molar-refractivity contribution is 5.88. The summed E-state index contributed by atoms with van der Waals surface area (Å²) >= 11 is 0. The summed E-state index contributed by atoms with van der Waals surface area (Å²) in [5.41, 5.74) is 3.73. The van der Waals surface area contributed by atoms with Gasteiger partial charge in [0.2, 0.25) is 5.91 Å². The van der Waals surface area contributed by atoms with E-state index in [2.05, 4.69) is 30.1 Å². The van der Waals surface area contributed by atoms with E-state index in [1.807, 2.05) is 17.0 Å². The number of aryl methyl sites for hydroxylation is 2. The van der Waals surface area contributed by atoms with Gasteiger partial charge in [-0.05, 0) is 60.6 Å². The van der Waals surface area contributed by atoms with Gasteiger partial charge in [0.05, 0.1) is 18.0 Å². The van der Waals surface area contributed by atoms with Gasteiger partial charge in [-0.25, -0.2) is 8.78 Å². The molecule has 4 nitrogen and oxygen atoms in total. The van der Waals surface area contributed by atoms with E-state index in [0.717, 1.165) is 29.2 Å². The molecule has 1 saturated heterocycles. The fourth-order valence-corrected chi connectivity index (χ4v) is 5.10. The van der Waals surface area contributed by atoms with Crippen molar-refractivity contribution in [3.63, 3.8) is 0 Å². The first kappa shape index (κ1) is 19.7. The van der Waals surface area contributed by atoms with Crippen LogP contribution in [0.3, 0.4) is 0 Å². The fraction of sp³-hybridized carbons (Fsp3) is 0.280. The Balaban J connectivity index is 1.47. The number of hydrogen-bond acceptors (Lipinski definition) is 2. The first-order valence-electron chi connectivity index (χ1n) is 10.4. The first-order valence-corrected chi connectivity index (χ1v) is 10.4. The van der Waals surface area contributed by atoms with Crippen molar-refractivity contribution in [1.29, 1.82) is 0 Å². The Bertz CT molecular complexity index is 1330. The molecule has 158 valence electrons. The van der Waals surface area contributed by atoms with Crippen LogP contribution in [0, 0.1) is 31.4 Å². The molecule has 1 N–H and O–H groups in total. The number of amides is 1. The molecule has 0 saturated carbocycles. The maximum Gasteiger partial charge on any atom is 0.252 e. The van der Waals surface area contributed by atoms with Crippen LogP contribution in [0.5, 0.6) is 0 Å². The van der Waals surface area contributed by atoms with E-state index in [1.54, 1.807) is 6.92 Å². The van der Waals surface area contributed by atoms with Crippen molar-refractivity contribution in [2.75, 3.05) is 6.54 Å². The van der Waals surface area contributed by atoms with E-state index < -0.39 is 17.2 Å². The topological polar surface area (TPSA) is 53.2 Å². The van der Waals surface area contributed by atoms with Crippen molar-refractivity contribution in [3.05, 3.63) is 86.7 Å². The number of aromatic amines is 1. The highest BCUT2D eigenvalue weighted by atomic mass is 19.2. The van der Waals surface area contributed by atoms with E-state index in [-0.39, 0.29) is 34.8 Å². The monoisotopic (exact) mass is 420 g/mol. The lowest BCUT2D eigenvalue weighted by Crippen LogP contribution is -2.39. The van der Waals surface area contributed by atoms with E-state index in [4.69, 9.17) is 0 Å². The third-order valence-corrected chi connectivity index (χ3v) is 6.66. The minimum Gasteiger partial charge on any atom is -0.335 e. The molecule has 2 bridgehead atoms. The predicted molar refractivity (Wildman–Crippen MR) is 116 cm³/mol. The van der Waals surface area contributed by atoms with Gasteiger partial charge < -0.3 is 9.88 Å². The molecule has 1 amide bonds. The Morgan fingerprint density at radius 3 is 2.68 bits per heavy atom. The van der Waals surface area contributed by atoms with E-state index >= 15 is 0 Å². The number of hydrogen-bond donors (Lipinski definition) is 1. The van der Waals surface area contributed by atoms with Crippen molar-refractivity contribution < 1.29 is 13.6 Å². The molecule has 0 spiro atoms. The van der Waals surface area contributed by atoms with Crippen LogP contribution in [0.4, 0.5) is 8.78 Å². The number of fused-ring (bicyclic) bond motifs is 3. The Labute approximate surface area is 178 Å². The number of nitrogens with zero attached hydrogens (tertiary/aromatic N) is 1. The number of halogens is 2. The van der Waals surface area contributed by atoms with Crippen molar-refractivity contribution in [1.82, 2.24) is 9.88 Å². The average Bonchev–Trinajstić information content (AvgIpc) is 3.35. The zero-order chi connectivity index (χ0) is 21.9. The van der Waals surface area contributed by atoms with Gasteiger partial charge in [-0.2, -0.15) is 0 Å². The lowest BCUT2D eigenvalue weighted by atomic mass is 9.95. The minimum atomic E-state index is -1.01. The van der Waals surface area contributed by atoms with Crippen molar-refractivity contribution in [2.24, 2.45) is 5.92 Å². The number of benzene rings is 2. The first-order chi connectivity index (χ1) is 14.8. The normalized spacial score (nSPS) is 19.9. The zero-order valence-corrected chi connectivity index (χ0v) is 17.3.